The van der Waals surface area contributed by atoms with Gasteiger partial charge < -0.3 is 23.7 Å². The van der Waals surface area contributed by atoms with E-state index >= 15 is 0 Å². The monoisotopic (exact) mass is 439 g/mol. The Bertz CT molecular complexity index is 816. The first-order valence-electron chi connectivity index (χ1n) is 9.34. The molecule has 0 spiro atoms. The van der Waals surface area contributed by atoms with E-state index in [9.17, 15) is 0 Å². The smallest absolute Gasteiger partial charge is 0.163 e. The van der Waals surface area contributed by atoms with Crippen LogP contribution in [0.4, 0.5) is 5.69 Å². The van der Waals surface area contributed by atoms with E-state index in [1.807, 2.05) is 24.3 Å². The molecule has 3 rings (SSSR count). The molecule has 0 radical (unpaired) electrons. The molecule has 0 bridgehead atoms. The van der Waals surface area contributed by atoms with E-state index in [-0.39, 0.29) is 0 Å². The lowest BCUT2D eigenvalue weighted by Crippen LogP contribution is -2.13. The third-order valence-electron chi connectivity index (χ3n) is 3.96. The second-order valence-electron chi connectivity index (χ2n) is 6.09. The quantitative estimate of drug-likeness (QED) is 0.641. The fourth-order valence-electron chi connectivity index (χ4n) is 2.52. The van der Waals surface area contributed by atoms with Gasteiger partial charge in [-0.3, -0.25) is 4.99 Å². The molecule has 6 nitrogen and oxygen atoms in total. The van der Waals surface area contributed by atoms with E-state index in [0.29, 0.717) is 80.1 Å². The molecule has 0 fully saturated rings. The van der Waals surface area contributed by atoms with Crippen molar-refractivity contribution in [3.8, 4) is 11.5 Å². The first-order chi connectivity index (χ1) is 14.2. The molecular weight excluding hydrogens is 417 g/mol. The standard InChI is InChI=1S/C21H23Cl2NO5/c22-17-2-1-16(19(23)13-17)15-24-18-3-4-20-21(14-18)29-12-10-27-8-6-25-5-7-26-9-11-28-20/h1-4,13-15H,5-12H2. The summed E-state index contributed by atoms with van der Waals surface area (Å²) in [5.41, 5.74) is 1.49. The lowest BCUT2D eigenvalue weighted by atomic mass is 10.2. The number of benzene rings is 2. The van der Waals surface area contributed by atoms with Crippen LogP contribution in [0.15, 0.2) is 41.4 Å². The van der Waals surface area contributed by atoms with Crippen molar-refractivity contribution in [2.45, 2.75) is 0 Å². The third-order valence-corrected chi connectivity index (χ3v) is 4.52. The van der Waals surface area contributed by atoms with Crippen LogP contribution >= 0.6 is 23.2 Å². The number of aliphatic imine (C=N–C) groups is 1. The minimum Gasteiger partial charge on any atom is -0.487 e. The first-order valence-corrected chi connectivity index (χ1v) is 10.1. The molecule has 0 aromatic heterocycles. The average Bonchev–Trinajstić information content (AvgIpc) is 2.72. The number of halogens is 2. The summed E-state index contributed by atoms with van der Waals surface area (Å²) in [5, 5.41) is 1.12. The lowest BCUT2D eigenvalue weighted by molar-refractivity contribution is 0.00708. The molecule has 0 unspecified atom stereocenters. The van der Waals surface area contributed by atoms with Gasteiger partial charge in [-0.15, -0.1) is 0 Å². The van der Waals surface area contributed by atoms with Gasteiger partial charge in [0.15, 0.2) is 11.5 Å². The van der Waals surface area contributed by atoms with Crippen molar-refractivity contribution < 1.29 is 23.7 Å². The van der Waals surface area contributed by atoms with E-state index in [4.69, 9.17) is 46.9 Å². The fraction of sp³-hybridized carbons (Fsp3) is 0.381. The second-order valence-corrected chi connectivity index (χ2v) is 6.93. The lowest BCUT2D eigenvalue weighted by Gasteiger charge is -2.13. The summed E-state index contributed by atoms with van der Waals surface area (Å²) >= 11 is 12.1. The Morgan fingerprint density at radius 2 is 1.31 bits per heavy atom. The van der Waals surface area contributed by atoms with Crippen LogP contribution in [0.1, 0.15) is 5.56 Å². The van der Waals surface area contributed by atoms with Gasteiger partial charge in [-0.2, -0.15) is 0 Å². The zero-order chi connectivity index (χ0) is 20.3. The number of hydrogen-bond acceptors (Lipinski definition) is 6. The van der Waals surface area contributed by atoms with Crippen molar-refractivity contribution in [1.29, 1.82) is 0 Å². The molecule has 0 N–H and O–H groups in total. The first kappa shape index (κ1) is 21.9. The van der Waals surface area contributed by atoms with Gasteiger partial charge in [-0.25, -0.2) is 0 Å². The van der Waals surface area contributed by atoms with Crippen molar-refractivity contribution in [2.75, 3.05) is 52.9 Å². The summed E-state index contributed by atoms with van der Waals surface area (Å²) < 4.78 is 28.0. The Morgan fingerprint density at radius 1 is 0.690 bits per heavy atom. The van der Waals surface area contributed by atoms with Gasteiger partial charge in [0.25, 0.3) is 0 Å². The summed E-state index contributed by atoms with van der Waals surface area (Å²) in [6.07, 6.45) is 1.69. The van der Waals surface area contributed by atoms with Crippen molar-refractivity contribution in [1.82, 2.24) is 0 Å². The number of rotatable bonds is 2. The van der Waals surface area contributed by atoms with Gasteiger partial charge in [0, 0.05) is 22.9 Å². The fourth-order valence-corrected chi connectivity index (χ4v) is 2.98. The molecular formula is C21H23Cl2NO5. The molecule has 2 aromatic carbocycles. The highest BCUT2D eigenvalue weighted by atomic mass is 35.5. The highest BCUT2D eigenvalue weighted by Gasteiger charge is 2.08. The summed E-state index contributed by atoms with van der Waals surface area (Å²) in [4.78, 5) is 4.48. The van der Waals surface area contributed by atoms with Crippen molar-refractivity contribution in [2.24, 2.45) is 4.99 Å². The van der Waals surface area contributed by atoms with Crippen LogP contribution in [0.2, 0.25) is 10.0 Å². The van der Waals surface area contributed by atoms with Crippen LogP contribution in [0.3, 0.4) is 0 Å². The number of nitrogens with zero attached hydrogens (tertiary/aromatic N) is 1. The number of hydrogen-bond donors (Lipinski definition) is 0. The largest absolute Gasteiger partial charge is 0.487 e. The Morgan fingerprint density at radius 3 is 1.97 bits per heavy atom. The Labute approximate surface area is 180 Å². The molecule has 1 aliphatic rings. The molecule has 1 aliphatic heterocycles. The molecule has 0 saturated carbocycles. The van der Waals surface area contributed by atoms with E-state index < -0.39 is 0 Å². The normalized spacial score (nSPS) is 16.9. The molecule has 0 atom stereocenters. The number of fused-ring (bicyclic) bond motifs is 1. The van der Waals surface area contributed by atoms with Gasteiger partial charge in [0.1, 0.15) is 13.2 Å². The molecule has 1 heterocycles. The minimum atomic E-state index is 0.392. The van der Waals surface area contributed by atoms with Gasteiger partial charge in [-0.1, -0.05) is 29.3 Å². The van der Waals surface area contributed by atoms with Crippen LogP contribution in [-0.2, 0) is 14.2 Å². The summed E-state index contributed by atoms with van der Waals surface area (Å²) in [6, 6.07) is 10.8. The van der Waals surface area contributed by atoms with Crippen LogP contribution < -0.4 is 9.47 Å². The maximum Gasteiger partial charge on any atom is 0.163 e. The zero-order valence-electron chi connectivity index (χ0n) is 15.9. The molecule has 0 saturated heterocycles. The summed E-state index contributed by atoms with van der Waals surface area (Å²) in [7, 11) is 0. The summed E-state index contributed by atoms with van der Waals surface area (Å²) in [5.74, 6) is 1.22. The second kappa shape index (κ2) is 12.0. The Hall–Kier alpha value is -1.83. The predicted molar refractivity (Wildman–Crippen MR) is 114 cm³/mol. The molecule has 0 amide bonds. The maximum atomic E-state index is 6.19. The highest BCUT2D eigenvalue weighted by molar-refractivity contribution is 6.36. The van der Waals surface area contributed by atoms with E-state index in [2.05, 4.69) is 4.99 Å². The molecule has 2 aromatic rings. The van der Waals surface area contributed by atoms with Gasteiger partial charge in [0.05, 0.1) is 50.4 Å². The van der Waals surface area contributed by atoms with Gasteiger partial charge >= 0.3 is 0 Å². The van der Waals surface area contributed by atoms with Crippen LogP contribution in [0.25, 0.3) is 0 Å². The van der Waals surface area contributed by atoms with Gasteiger partial charge in [-0.05, 0) is 24.3 Å². The van der Waals surface area contributed by atoms with Crippen LogP contribution in [0, 0.1) is 0 Å². The predicted octanol–water partition coefficient (Wildman–Crippen LogP) is 4.57. The van der Waals surface area contributed by atoms with Crippen LogP contribution in [0.5, 0.6) is 11.5 Å². The zero-order valence-corrected chi connectivity index (χ0v) is 17.5. The van der Waals surface area contributed by atoms with E-state index in [1.54, 1.807) is 18.3 Å². The molecule has 156 valence electrons. The molecule has 8 heteroatoms. The Balaban J connectivity index is 1.71. The minimum absolute atomic E-state index is 0.392. The van der Waals surface area contributed by atoms with E-state index in [1.165, 1.54) is 0 Å². The third kappa shape index (κ3) is 7.49. The Kier molecular flexibility index (Phi) is 9.05. The average molecular weight is 440 g/mol. The topological polar surface area (TPSA) is 58.5 Å². The molecule has 29 heavy (non-hydrogen) atoms. The van der Waals surface area contributed by atoms with Crippen molar-refractivity contribution >= 4 is 35.1 Å². The van der Waals surface area contributed by atoms with E-state index in [0.717, 1.165) is 5.56 Å². The maximum absolute atomic E-state index is 6.19. The molecule has 0 aliphatic carbocycles. The SMILES string of the molecule is Clc1ccc(C=Nc2ccc3c(c2)OCCOCCOCCOCCO3)c(Cl)c1. The summed E-state index contributed by atoms with van der Waals surface area (Å²) in [6.45, 7) is 3.82. The highest BCUT2D eigenvalue weighted by Crippen LogP contribution is 2.32. The van der Waals surface area contributed by atoms with Crippen molar-refractivity contribution in [3.05, 3.63) is 52.0 Å². The van der Waals surface area contributed by atoms with Gasteiger partial charge in [0.2, 0.25) is 0 Å². The number of ether oxygens (including phenoxy) is 5. The van der Waals surface area contributed by atoms with Crippen LogP contribution in [-0.4, -0.2) is 59.1 Å². The van der Waals surface area contributed by atoms with Crippen molar-refractivity contribution in [3.63, 3.8) is 0 Å².